The highest BCUT2D eigenvalue weighted by molar-refractivity contribution is 5.83. The first kappa shape index (κ1) is 18.2. The number of fused-ring (bicyclic) bond motifs is 1. The smallest absolute Gasteiger partial charge is 0.120 e. The molecule has 136 valence electrons. The molecule has 0 aliphatic carbocycles. The van der Waals surface area contributed by atoms with Gasteiger partial charge in [-0.05, 0) is 56.7 Å². The Labute approximate surface area is 156 Å². The Bertz CT molecular complexity index is 838. The van der Waals surface area contributed by atoms with Crippen molar-refractivity contribution in [3.8, 4) is 17.0 Å². The first-order valence-electron chi connectivity index (χ1n) is 9.64. The van der Waals surface area contributed by atoms with Gasteiger partial charge in [0.2, 0.25) is 0 Å². The van der Waals surface area contributed by atoms with Crippen molar-refractivity contribution in [1.29, 1.82) is 0 Å². The number of rotatable bonds is 8. The third-order valence-corrected chi connectivity index (χ3v) is 4.72. The molecule has 3 rings (SSSR count). The number of benzene rings is 2. The van der Waals surface area contributed by atoms with Crippen LogP contribution in [-0.4, -0.2) is 24.7 Å². The van der Waals surface area contributed by atoms with E-state index in [1.54, 1.807) is 0 Å². The molecule has 0 saturated heterocycles. The molecule has 0 aliphatic heterocycles. The molecule has 0 saturated carbocycles. The van der Waals surface area contributed by atoms with Gasteiger partial charge in [-0.15, -0.1) is 0 Å². The SMILES string of the molecule is CCCCOc1ccc2nc(-c3ccc(N(CC)CC)cc3)ccc2c1. The van der Waals surface area contributed by atoms with Crippen LogP contribution >= 0.6 is 0 Å². The van der Waals surface area contributed by atoms with Crippen LogP contribution in [0.25, 0.3) is 22.2 Å². The summed E-state index contributed by atoms with van der Waals surface area (Å²) >= 11 is 0. The van der Waals surface area contributed by atoms with Crippen LogP contribution in [0.5, 0.6) is 5.75 Å². The van der Waals surface area contributed by atoms with Crippen molar-refractivity contribution in [2.45, 2.75) is 33.6 Å². The summed E-state index contributed by atoms with van der Waals surface area (Å²) in [6.45, 7) is 9.35. The van der Waals surface area contributed by atoms with E-state index in [0.29, 0.717) is 0 Å². The molecule has 0 amide bonds. The molecule has 26 heavy (non-hydrogen) atoms. The van der Waals surface area contributed by atoms with Crippen LogP contribution in [0.1, 0.15) is 33.6 Å². The average Bonchev–Trinajstić information content (AvgIpc) is 2.69. The van der Waals surface area contributed by atoms with Crippen LogP contribution in [0, 0.1) is 0 Å². The fourth-order valence-electron chi connectivity index (χ4n) is 3.12. The summed E-state index contributed by atoms with van der Waals surface area (Å²) in [5.41, 5.74) is 4.40. The van der Waals surface area contributed by atoms with Gasteiger partial charge in [-0.2, -0.15) is 0 Å². The Kier molecular flexibility index (Phi) is 6.11. The number of anilines is 1. The lowest BCUT2D eigenvalue weighted by molar-refractivity contribution is 0.310. The van der Waals surface area contributed by atoms with Crippen LogP contribution in [-0.2, 0) is 0 Å². The van der Waals surface area contributed by atoms with E-state index in [1.165, 1.54) is 5.69 Å². The van der Waals surface area contributed by atoms with E-state index >= 15 is 0 Å². The van der Waals surface area contributed by atoms with Crippen molar-refractivity contribution < 1.29 is 4.74 Å². The molecule has 3 aromatic rings. The third-order valence-electron chi connectivity index (χ3n) is 4.72. The van der Waals surface area contributed by atoms with Crippen LogP contribution in [0.4, 0.5) is 5.69 Å². The molecule has 0 bridgehead atoms. The molecule has 0 radical (unpaired) electrons. The topological polar surface area (TPSA) is 25.4 Å². The molecule has 1 aromatic heterocycles. The van der Waals surface area contributed by atoms with Crippen LogP contribution in [0.3, 0.4) is 0 Å². The number of pyridine rings is 1. The van der Waals surface area contributed by atoms with Crippen molar-refractivity contribution in [3.05, 3.63) is 54.6 Å². The van der Waals surface area contributed by atoms with Crippen molar-refractivity contribution in [2.75, 3.05) is 24.6 Å². The summed E-state index contributed by atoms with van der Waals surface area (Å²) < 4.78 is 5.79. The van der Waals surface area contributed by atoms with Gasteiger partial charge in [-0.25, -0.2) is 4.98 Å². The van der Waals surface area contributed by atoms with Crippen molar-refractivity contribution in [3.63, 3.8) is 0 Å². The molecular formula is C23H28N2O. The van der Waals surface area contributed by atoms with Gasteiger partial charge in [0.15, 0.2) is 0 Å². The van der Waals surface area contributed by atoms with Gasteiger partial charge < -0.3 is 9.64 Å². The second-order valence-electron chi connectivity index (χ2n) is 6.47. The number of hydrogen-bond acceptors (Lipinski definition) is 3. The van der Waals surface area contributed by atoms with E-state index in [4.69, 9.17) is 9.72 Å². The molecule has 1 heterocycles. The summed E-state index contributed by atoms with van der Waals surface area (Å²) in [6, 6.07) is 19.0. The zero-order valence-electron chi connectivity index (χ0n) is 16.0. The Morgan fingerprint density at radius 3 is 2.35 bits per heavy atom. The fourth-order valence-corrected chi connectivity index (χ4v) is 3.12. The highest BCUT2D eigenvalue weighted by Gasteiger charge is 2.05. The third kappa shape index (κ3) is 4.16. The molecule has 2 aromatic carbocycles. The maximum Gasteiger partial charge on any atom is 0.120 e. The normalized spacial score (nSPS) is 10.9. The monoisotopic (exact) mass is 348 g/mol. The van der Waals surface area contributed by atoms with E-state index < -0.39 is 0 Å². The van der Waals surface area contributed by atoms with Gasteiger partial charge in [0, 0.05) is 29.7 Å². The Morgan fingerprint density at radius 1 is 0.885 bits per heavy atom. The van der Waals surface area contributed by atoms with Crippen LogP contribution < -0.4 is 9.64 Å². The van der Waals surface area contributed by atoms with E-state index in [1.807, 2.05) is 12.1 Å². The molecule has 3 heteroatoms. The number of nitrogens with zero attached hydrogens (tertiary/aromatic N) is 2. The number of ether oxygens (including phenoxy) is 1. The maximum absolute atomic E-state index is 5.79. The fraction of sp³-hybridized carbons (Fsp3) is 0.348. The van der Waals surface area contributed by atoms with E-state index in [0.717, 1.165) is 60.4 Å². The zero-order chi connectivity index (χ0) is 18.4. The van der Waals surface area contributed by atoms with Crippen LogP contribution in [0.2, 0.25) is 0 Å². The Hall–Kier alpha value is -2.55. The number of hydrogen-bond donors (Lipinski definition) is 0. The minimum atomic E-state index is 0.770. The highest BCUT2D eigenvalue weighted by Crippen LogP contribution is 2.26. The molecule has 0 atom stereocenters. The second kappa shape index (κ2) is 8.70. The minimum absolute atomic E-state index is 0.770. The first-order valence-corrected chi connectivity index (χ1v) is 9.64. The molecule has 0 N–H and O–H groups in total. The van der Waals surface area contributed by atoms with E-state index in [9.17, 15) is 0 Å². The average molecular weight is 348 g/mol. The van der Waals surface area contributed by atoms with Gasteiger partial charge in [-0.3, -0.25) is 0 Å². The lowest BCUT2D eigenvalue weighted by Crippen LogP contribution is -2.21. The first-order chi connectivity index (χ1) is 12.7. The van der Waals surface area contributed by atoms with E-state index in [-0.39, 0.29) is 0 Å². The largest absolute Gasteiger partial charge is 0.494 e. The Balaban J connectivity index is 1.81. The number of unbranched alkanes of at least 4 members (excludes halogenated alkanes) is 1. The summed E-state index contributed by atoms with van der Waals surface area (Å²) in [6.07, 6.45) is 2.23. The minimum Gasteiger partial charge on any atom is -0.494 e. The number of aromatic nitrogens is 1. The summed E-state index contributed by atoms with van der Waals surface area (Å²) in [4.78, 5) is 7.17. The quantitative estimate of drug-likeness (QED) is 0.472. The molecule has 0 unspecified atom stereocenters. The summed E-state index contributed by atoms with van der Waals surface area (Å²) in [5.74, 6) is 0.920. The van der Waals surface area contributed by atoms with Gasteiger partial charge >= 0.3 is 0 Å². The van der Waals surface area contributed by atoms with Gasteiger partial charge in [-0.1, -0.05) is 31.5 Å². The standard InChI is InChI=1S/C23H28N2O/c1-4-7-16-26-21-13-15-23-19(17-21)10-14-22(24-23)18-8-11-20(12-9-18)25(5-2)6-3/h8-15,17H,4-7,16H2,1-3H3. The van der Waals surface area contributed by atoms with Crippen LogP contribution in [0.15, 0.2) is 54.6 Å². The van der Waals surface area contributed by atoms with Crippen molar-refractivity contribution in [2.24, 2.45) is 0 Å². The highest BCUT2D eigenvalue weighted by atomic mass is 16.5. The molecule has 0 spiro atoms. The molecule has 3 nitrogen and oxygen atoms in total. The van der Waals surface area contributed by atoms with Gasteiger partial charge in [0.1, 0.15) is 5.75 Å². The lowest BCUT2D eigenvalue weighted by atomic mass is 10.1. The summed E-state index contributed by atoms with van der Waals surface area (Å²) in [7, 11) is 0. The molecular weight excluding hydrogens is 320 g/mol. The zero-order valence-corrected chi connectivity index (χ0v) is 16.0. The predicted octanol–water partition coefficient (Wildman–Crippen LogP) is 5.93. The Morgan fingerprint density at radius 2 is 1.65 bits per heavy atom. The van der Waals surface area contributed by atoms with E-state index in [2.05, 4.69) is 68.1 Å². The van der Waals surface area contributed by atoms with Gasteiger partial charge in [0.25, 0.3) is 0 Å². The van der Waals surface area contributed by atoms with Gasteiger partial charge in [0.05, 0.1) is 17.8 Å². The maximum atomic E-state index is 5.79. The van der Waals surface area contributed by atoms with Crippen molar-refractivity contribution in [1.82, 2.24) is 4.98 Å². The predicted molar refractivity (Wildman–Crippen MR) is 111 cm³/mol. The molecule has 0 aliphatic rings. The molecule has 0 fully saturated rings. The second-order valence-corrected chi connectivity index (χ2v) is 6.47. The summed E-state index contributed by atoms with van der Waals surface area (Å²) in [5, 5.41) is 1.11. The lowest BCUT2D eigenvalue weighted by Gasteiger charge is -2.21. The van der Waals surface area contributed by atoms with Crippen molar-refractivity contribution >= 4 is 16.6 Å².